The summed E-state index contributed by atoms with van der Waals surface area (Å²) in [6.45, 7) is 2.43. The van der Waals surface area contributed by atoms with E-state index in [0.29, 0.717) is 6.42 Å². The Balaban J connectivity index is 1.69. The van der Waals surface area contributed by atoms with Crippen LogP contribution in [0.1, 0.15) is 17.3 Å². The van der Waals surface area contributed by atoms with Crippen LogP contribution >= 0.6 is 0 Å². The molecule has 2 aromatic rings. The normalized spacial score (nSPS) is 19.7. The number of nitrogens with one attached hydrogen (secondary N) is 1. The van der Waals surface area contributed by atoms with E-state index in [1.165, 1.54) is 5.56 Å². The van der Waals surface area contributed by atoms with Gasteiger partial charge >= 0.3 is 0 Å². The van der Waals surface area contributed by atoms with Crippen LogP contribution in [-0.4, -0.2) is 52.4 Å². The highest BCUT2D eigenvalue weighted by Gasteiger charge is 2.28. The molecule has 0 saturated carbocycles. The largest absolute Gasteiger partial charge is 0.348 e. The minimum Gasteiger partial charge on any atom is -0.348 e. The van der Waals surface area contributed by atoms with Crippen LogP contribution in [-0.2, 0) is 11.2 Å². The standard InChI is InChI=1S/C16H20N4O/c1-19-7-8-20(16(21)9-14-10-17-12-18-14)11-15(19)13-5-3-2-4-6-13/h2-6,10,12,15H,7-9,11H2,1H3,(H,17,18). The predicted molar refractivity (Wildman–Crippen MR) is 80.7 cm³/mol. The molecule has 1 aliphatic heterocycles. The van der Waals surface area contributed by atoms with E-state index in [-0.39, 0.29) is 11.9 Å². The summed E-state index contributed by atoms with van der Waals surface area (Å²) in [7, 11) is 2.12. The molecule has 0 spiro atoms. The fraction of sp³-hybridized carbons (Fsp3) is 0.375. The van der Waals surface area contributed by atoms with Crippen LogP contribution < -0.4 is 0 Å². The van der Waals surface area contributed by atoms with Gasteiger partial charge in [-0.2, -0.15) is 0 Å². The van der Waals surface area contributed by atoms with Gasteiger partial charge in [-0.3, -0.25) is 9.69 Å². The van der Waals surface area contributed by atoms with Gasteiger partial charge in [-0.1, -0.05) is 30.3 Å². The van der Waals surface area contributed by atoms with E-state index in [1.54, 1.807) is 12.5 Å². The molecule has 5 heteroatoms. The molecule has 0 bridgehead atoms. The fourth-order valence-corrected chi connectivity index (χ4v) is 2.79. The number of nitrogens with zero attached hydrogens (tertiary/aromatic N) is 3. The lowest BCUT2D eigenvalue weighted by molar-refractivity contribution is -0.133. The van der Waals surface area contributed by atoms with Crippen molar-refractivity contribution in [3.63, 3.8) is 0 Å². The van der Waals surface area contributed by atoms with Gasteiger partial charge in [0, 0.05) is 31.5 Å². The van der Waals surface area contributed by atoms with E-state index in [1.807, 2.05) is 11.0 Å². The van der Waals surface area contributed by atoms with E-state index in [0.717, 1.165) is 25.3 Å². The fourth-order valence-electron chi connectivity index (χ4n) is 2.79. The summed E-state index contributed by atoms with van der Waals surface area (Å²) in [6.07, 6.45) is 3.72. The first-order chi connectivity index (χ1) is 10.2. The van der Waals surface area contributed by atoms with Crippen LogP contribution in [0.2, 0.25) is 0 Å². The number of carbonyl (C=O) groups excluding carboxylic acids is 1. The topological polar surface area (TPSA) is 52.2 Å². The van der Waals surface area contributed by atoms with Crippen LogP contribution in [0, 0.1) is 0 Å². The molecular formula is C16H20N4O. The second kappa shape index (κ2) is 6.10. The Morgan fingerprint density at radius 1 is 1.33 bits per heavy atom. The monoisotopic (exact) mass is 284 g/mol. The van der Waals surface area contributed by atoms with E-state index in [2.05, 4.69) is 46.2 Å². The summed E-state index contributed by atoms with van der Waals surface area (Å²) in [5, 5.41) is 0. The van der Waals surface area contributed by atoms with Crippen molar-refractivity contribution >= 4 is 5.91 Å². The van der Waals surface area contributed by atoms with Crippen LogP contribution in [0.3, 0.4) is 0 Å². The van der Waals surface area contributed by atoms with Crippen LogP contribution in [0.5, 0.6) is 0 Å². The second-order valence-corrected chi connectivity index (χ2v) is 5.50. The Bertz CT molecular complexity index is 582. The maximum absolute atomic E-state index is 12.4. The Hall–Kier alpha value is -2.14. The molecule has 1 atom stereocenters. The molecule has 1 aliphatic rings. The number of H-pyrrole nitrogens is 1. The molecule has 1 unspecified atom stereocenters. The maximum atomic E-state index is 12.4. The molecule has 1 fully saturated rings. The molecule has 1 amide bonds. The summed E-state index contributed by atoms with van der Waals surface area (Å²) in [5.41, 5.74) is 2.13. The predicted octanol–water partition coefficient (Wildman–Crippen LogP) is 1.47. The summed E-state index contributed by atoms with van der Waals surface area (Å²) in [4.78, 5) is 23.6. The summed E-state index contributed by atoms with van der Waals surface area (Å²) >= 11 is 0. The minimum absolute atomic E-state index is 0.160. The zero-order valence-electron chi connectivity index (χ0n) is 12.2. The summed E-state index contributed by atoms with van der Waals surface area (Å²) < 4.78 is 0. The van der Waals surface area contributed by atoms with Crippen molar-refractivity contribution in [1.29, 1.82) is 0 Å². The quantitative estimate of drug-likeness (QED) is 0.928. The maximum Gasteiger partial charge on any atom is 0.228 e. The molecule has 1 aromatic carbocycles. The van der Waals surface area contributed by atoms with E-state index < -0.39 is 0 Å². The van der Waals surface area contributed by atoms with Gasteiger partial charge in [0.2, 0.25) is 5.91 Å². The lowest BCUT2D eigenvalue weighted by Crippen LogP contribution is -2.49. The lowest BCUT2D eigenvalue weighted by atomic mass is 10.0. The Kier molecular flexibility index (Phi) is 4.01. The Morgan fingerprint density at radius 2 is 2.14 bits per heavy atom. The highest BCUT2D eigenvalue weighted by molar-refractivity contribution is 5.78. The molecule has 110 valence electrons. The van der Waals surface area contributed by atoms with Gasteiger partial charge in [0.25, 0.3) is 0 Å². The minimum atomic E-state index is 0.160. The number of carbonyl (C=O) groups is 1. The molecule has 5 nitrogen and oxygen atoms in total. The molecule has 1 saturated heterocycles. The first kappa shape index (κ1) is 13.8. The third-order valence-electron chi connectivity index (χ3n) is 4.08. The SMILES string of the molecule is CN1CCN(C(=O)Cc2cnc[nH]2)CC1c1ccccc1. The van der Waals surface area contributed by atoms with Crippen molar-refractivity contribution in [1.82, 2.24) is 19.8 Å². The van der Waals surface area contributed by atoms with Gasteiger partial charge < -0.3 is 9.88 Å². The number of likely N-dealkylation sites (N-methyl/N-ethyl adjacent to an activating group) is 1. The first-order valence-corrected chi connectivity index (χ1v) is 7.24. The third kappa shape index (κ3) is 3.13. The second-order valence-electron chi connectivity index (χ2n) is 5.50. The third-order valence-corrected chi connectivity index (χ3v) is 4.08. The highest BCUT2D eigenvalue weighted by Crippen LogP contribution is 2.24. The number of hydrogen-bond donors (Lipinski definition) is 1. The number of amides is 1. The lowest BCUT2D eigenvalue weighted by Gasteiger charge is -2.39. The van der Waals surface area contributed by atoms with Gasteiger partial charge in [-0.25, -0.2) is 4.98 Å². The van der Waals surface area contributed by atoms with Crippen LogP contribution in [0.25, 0.3) is 0 Å². The average Bonchev–Trinajstić information content (AvgIpc) is 3.01. The van der Waals surface area contributed by atoms with Crippen molar-refractivity contribution in [3.05, 3.63) is 54.1 Å². The summed E-state index contributed by atoms with van der Waals surface area (Å²) in [6, 6.07) is 10.6. The first-order valence-electron chi connectivity index (χ1n) is 7.24. The number of rotatable bonds is 3. The van der Waals surface area contributed by atoms with E-state index >= 15 is 0 Å². The smallest absolute Gasteiger partial charge is 0.228 e. The van der Waals surface area contributed by atoms with Crippen molar-refractivity contribution < 1.29 is 4.79 Å². The van der Waals surface area contributed by atoms with Crippen molar-refractivity contribution in [2.24, 2.45) is 0 Å². The molecule has 1 N–H and O–H groups in total. The van der Waals surface area contributed by atoms with Crippen molar-refractivity contribution in [2.45, 2.75) is 12.5 Å². The molecule has 2 heterocycles. The van der Waals surface area contributed by atoms with Gasteiger partial charge in [-0.05, 0) is 12.6 Å². The number of hydrogen-bond acceptors (Lipinski definition) is 3. The number of aromatic nitrogens is 2. The van der Waals surface area contributed by atoms with E-state index in [9.17, 15) is 4.79 Å². The average molecular weight is 284 g/mol. The number of piperazine rings is 1. The molecule has 3 rings (SSSR count). The highest BCUT2D eigenvalue weighted by atomic mass is 16.2. The molecule has 21 heavy (non-hydrogen) atoms. The molecule has 1 aromatic heterocycles. The van der Waals surface area contributed by atoms with Crippen LogP contribution in [0.4, 0.5) is 0 Å². The number of imidazole rings is 1. The zero-order valence-corrected chi connectivity index (χ0v) is 12.2. The van der Waals surface area contributed by atoms with Crippen LogP contribution in [0.15, 0.2) is 42.9 Å². The summed E-state index contributed by atoms with van der Waals surface area (Å²) in [5.74, 6) is 0.160. The molecule has 0 radical (unpaired) electrons. The zero-order chi connectivity index (χ0) is 14.7. The van der Waals surface area contributed by atoms with Crippen molar-refractivity contribution in [3.8, 4) is 0 Å². The van der Waals surface area contributed by atoms with Crippen molar-refractivity contribution in [2.75, 3.05) is 26.7 Å². The van der Waals surface area contributed by atoms with Gasteiger partial charge in [-0.15, -0.1) is 0 Å². The van der Waals surface area contributed by atoms with Gasteiger partial charge in [0.15, 0.2) is 0 Å². The van der Waals surface area contributed by atoms with Gasteiger partial charge in [0.1, 0.15) is 0 Å². The Morgan fingerprint density at radius 3 is 2.86 bits per heavy atom. The van der Waals surface area contributed by atoms with Gasteiger partial charge in [0.05, 0.1) is 18.8 Å². The molecular weight excluding hydrogens is 264 g/mol. The van der Waals surface area contributed by atoms with E-state index in [4.69, 9.17) is 0 Å². The number of benzene rings is 1. The number of aromatic amines is 1. The molecule has 0 aliphatic carbocycles. The Labute approximate surface area is 124 Å².